The van der Waals surface area contributed by atoms with Gasteiger partial charge in [0.25, 0.3) is 10.1 Å². The third-order valence-electron chi connectivity index (χ3n) is 24.3. The minimum Gasteiger partial charge on any atom is -0.508 e. The van der Waals surface area contributed by atoms with E-state index < -0.39 is 56.7 Å². The van der Waals surface area contributed by atoms with Crippen molar-refractivity contribution in [2.75, 3.05) is 13.7 Å². The number of hydrogen-bond donors (Lipinski definition) is 8. The topological polar surface area (TPSA) is 230 Å². The number of guanidine groups is 1. The Hall–Kier alpha value is -7.84. The largest absolute Gasteiger partial charge is 0.508 e. The normalized spacial score (nSPS) is 30.7. The van der Waals surface area contributed by atoms with Gasteiger partial charge in [0.2, 0.25) is 5.72 Å². The molecule has 16 unspecified atom stereocenters. The van der Waals surface area contributed by atoms with E-state index in [1.165, 1.54) is 44.2 Å². The van der Waals surface area contributed by atoms with Crippen LogP contribution in [0.1, 0.15) is 203 Å². The van der Waals surface area contributed by atoms with Gasteiger partial charge in [0, 0.05) is 60.4 Å². The van der Waals surface area contributed by atoms with Gasteiger partial charge >= 0.3 is 0 Å². The highest BCUT2D eigenvalue weighted by molar-refractivity contribution is 7.86. The van der Waals surface area contributed by atoms with Crippen LogP contribution < -0.4 is 21.5 Å². The number of nitrogens with two attached hydrogens (primary N) is 2. The van der Waals surface area contributed by atoms with Crippen LogP contribution in [0.3, 0.4) is 0 Å². The zero-order valence-electron chi connectivity index (χ0n) is 55.3. The summed E-state index contributed by atoms with van der Waals surface area (Å²) in [6.07, 6.45) is 17.3. The van der Waals surface area contributed by atoms with E-state index in [1.54, 1.807) is 12.1 Å². The molecule has 10 bridgehead atoms. The Morgan fingerprint density at radius 3 is 2.48 bits per heavy atom. The molecule has 97 heavy (non-hydrogen) atoms. The molecule has 13 nitrogen and oxygen atoms in total. The molecule has 0 radical (unpaired) electrons. The highest BCUT2D eigenvalue weighted by Crippen LogP contribution is 2.58. The van der Waals surface area contributed by atoms with E-state index in [9.17, 15) is 33.4 Å². The number of hydrogen-bond acceptors (Lipinski definition) is 10. The molecule has 6 aliphatic carbocycles. The molecule has 2 fully saturated rings. The average Bonchev–Trinajstić information content (AvgIpc) is 1.67. The summed E-state index contributed by atoms with van der Waals surface area (Å²) >= 11 is 0. The maximum Gasteiger partial charge on any atom is 0.268 e. The fourth-order valence-corrected chi connectivity index (χ4v) is 21.0. The van der Waals surface area contributed by atoms with Crippen molar-refractivity contribution in [2.24, 2.45) is 46.0 Å². The highest BCUT2D eigenvalue weighted by atomic mass is 32.2. The molecule has 11 aliphatic rings. The fraction of sp³-hybridized carbons (Fsp3) is 0.410. The van der Waals surface area contributed by atoms with Gasteiger partial charge in [-0.2, -0.15) is 8.42 Å². The Morgan fingerprint density at radius 1 is 0.866 bits per heavy atom. The van der Waals surface area contributed by atoms with Crippen LogP contribution in [-0.4, -0.2) is 70.0 Å². The van der Waals surface area contributed by atoms with Crippen molar-refractivity contribution in [3.8, 4) is 23.3 Å². The van der Waals surface area contributed by atoms with E-state index in [1.807, 2.05) is 49.5 Å². The van der Waals surface area contributed by atoms with Crippen LogP contribution in [0.2, 0.25) is 0 Å². The van der Waals surface area contributed by atoms with Gasteiger partial charge in [-0.3, -0.25) is 4.55 Å². The number of aliphatic hydroxyl groups excluding tert-OH is 2. The number of nitrogens with one attached hydrogen (secondary N) is 1. The first-order valence-electron chi connectivity index (χ1n) is 35.4. The number of phenolic OH excluding ortho intramolecular Hbond substituents is 1. The van der Waals surface area contributed by atoms with Crippen LogP contribution in [0.25, 0.3) is 22.9 Å². The smallest absolute Gasteiger partial charge is 0.268 e. The van der Waals surface area contributed by atoms with Crippen LogP contribution in [-0.2, 0) is 46.4 Å². The third kappa shape index (κ3) is 11.5. The lowest BCUT2D eigenvalue weighted by Gasteiger charge is -2.46. The number of fused-ring (bicyclic) bond motifs is 8. The zero-order valence-corrected chi connectivity index (χ0v) is 56.1. The standard InChI is InChI=1S/C83H88N4O9S/c1-47-16-17-53-38-63-25-29-65(53)71(47)42-74(97(92,93)94)73-41-58-36-57(39-64-34-49(46-88)11-6-13-52-37-62(89)24-28-67(52)80(58)95-64)75(73)51-18-22-60(23-19-51)83(96-63,87-81(84)85)44-61(33-48-9-4-3-5-10-48)82(91)32-8-15-56(43-82)66-30-31-69-77-55(21-26-68(66)77)40-72-59(45-86-2)35-54-14-7-12-50-20-27-70(79(69)90)78(72)76(50)54/h3-5,7,9-10,12,14,18-31,35,37-38,41,47,49,55-57,61,64,70-71,73-75,79-80,86,88-91H,8,11,15-17,32-34,36,39-40,42-46H2,1-2H3,(H4,84,85,87)(H,92,93,94). The number of aryl methyl sites for hydroxylation is 1. The number of benzene rings is 7. The molecule has 0 aromatic heterocycles. The van der Waals surface area contributed by atoms with Crippen LogP contribution in [0.5, 0.6) is 11.5 Å². The van der Waals surface area contributed by atoms with E-state index in [4.69, 9.17) is 25.9 Å². The van der Waals surface area contributed by atoms with Crippen LogP contribution >= 0.6 is 0 Å². The first-order chi connectivity index (χ1) is 46.9. The van der Waals surface area contributed by atoms with Gasteiger partial charge in [-0.15, -0.1) is 0 Å². The van der Waals surface area contributed by atoms with E-state index in [0.717, 1.165) is 76.7 Å². The van der Waals surface area contributed by atoms with Crippen molar-refractivity contribution in [2.45, 2.75) is 168 Å². The Balaban J connectivity index is 0.811. The monoisotopic (exact) mass is 1320 g/mol. The Bertz CT molecular complexity index is 4570. The lowest BCUT2D eigenvalue weighted by atomic mass is 9.64. The van der Waals surface area contributed by atoms with Crippen molar-refractivity contribution in [1.29, 1.82) is 0 Å². The first kappa shape index (κ1) is 63.9. The molecule has 0 amide bonds. The summed E-state index contributed by atoms with van der Waals surface area (Å²) in [5.74, 6) is 4.65. The third-order valence-corrected chi connectivity index (χ3v) is 25.6. The molecule has 16 atom stereocenters. The summed E-state index contributed by atoms with van der Waals surface area (Å²) in [7, 11) is -2.73. The summed E-state index contributed by atoms with van der Waals surface area (Å²) in [6.45, 7) is 2.81. The molecule has 14 heteroatoms. The summed E-state index contributed by atoms with van der Waals surface area (Å²) < 4.78 is 56.0. The van der Waals surface area contributed by atoms with Gasteiger partial charge in [0.15, 0.2) is 5.96 Å². The molecular weight excluding hydrogens is 1230 g/mol. The van der Waals surface area contributed by atoms with Gasteiger partial charge in [-0.05, 0) is 239 Å². The predicted molar refractivity (Wildman–Crippen MR) is 380 cm³/mol. The number of aliphatic hydroxyl groups is 3. The van der Waals surface area contributed by atoms with Crippen molar-refractivity contribution in [1.82, 2.24) is 5.32 Å². The van der Waals surface area contributed by atoms with E-state index >= 15 is 0 Å². The molecule has 500 valence electrons. The second-order valence-electron chi connectivity index (χ2n) is 30.0. The second-order valence-corrected chi connectivity index (χ2v) is 31.7. The molecule has 5 aliphatic heterocycles. The minimum atomic E-state index is -4.73. The highest BCUT2D eigenvalue weighted by Gasteiger charge is 2.52. The van der Waals surface area contributed by atoms with Crippen molar-refractivity contribution < 1.29 is 42.9 Å². The van der Waals surface area contributed by atoms with Gasteiger partial charge < -0.3 is 46.7 Å². The predicted octanol–water partition coefficient (Wildman–Crippen LogP) is 13.9. The molecule has 7 aromatic carbocycles. The van der Waals surface area contributed by atoms with Crippen LogP contribution in [0.4, 0.5) is 0 Å². The Kier molecular flexibility index (Phi) is 16.6. The zero-order chi connectivity index (χ0) is 66.6. The summed E-state index contributed by atoms with van der Waals surface area (Å²) in [5.41, 5.74) is 27.0. The molecule has 10 N–H and O–H groups in total. The number of phenols is 1. The Morgan fingerprint density at radius 2 is 1.68 bits per heavy atom. The van der Waals surface area contributed by atoms with E-state index in [-0.39, 0.29) is 78.7 Å². The fourth-order valence-electron chi connectivity index (χ4n) is 19.9. The maximum absolute atomic E-state index is 14.6. The SMILES string of the molecule is CNCc1cc2cccc3c2c2c1CC1C=Cc4c(C5CCCC(O)(C(Cc6ccccc6)CC6(N=C(N)N)Oc7ccc8c(c7)CCC(C)C8CC(S(=O)(=O)O)C7C=C8CC(CC9CC(CO)CC#Cc%10cc(O)ccc%10C8O9)C7c7ccc6cc7)C5)ccc(c41)C(O)C2C=C3. The maximum atomic E-state index is 14.6. The number of nitrogens with zero attached hydrogens (tertiary/aromatic N) is 1. The van der Waals surface area contributed by atoms with E-state index in [0.29, 0.717) is 68.2 Å². The molecule has 18 rings (SSSR count). The van der Waals surface area contributed by atoms with Gasteiger partial charge in [0.1, 0.15) is 17.6 Å². The van der Waals surface area contributed by atoms with E-state index in [2.05, 4.69) is 127 Å². The lowest BCUT2D eigenvalue weighted by Crippen LogP contribution is -2.48. The average molecular weight is 1320 g/mol. The lowest BCUT2D eigenvalue weighted by molar-refractivity contribution is -0.0834. The van der Waals surface area contributed by atoms with Gasteiger partial charge in [-0.25, -0.2) is 4.99 Å². The van der Waals surface area contributed by atoms with Crippen molar-refractivity contribution in [3.05, 3.63) is 235 Å². The second kappa shape index (κ2) is 25.2. The number of rotatable bonds is 11. The van der Waals surface area contributed by atoms with Crippen LogP contribution in [0, 0.1) is 41.4 Å². The molecular formula is C83H88N4O9S. The number of ether oxygens (including phenoxy) is 2. The summed E-state index contributed by atoms with van der Waals surface area (Å²) in [5, 5.41) is 53.3. The molecule has 5 heterocycles. The number of aromatic hydroxyl groups is 1. The Labute approximate surface area is 569 Å². The quantitative estimate of drug-likeness (QED) is 0.0199. The molecule has 1 saturated heterocycles. The number of allylic oxidation sites excluding steroid dienone is 2. The number of aliphatic imine (C=N–C) groups is 1. The van der Waals surface area contributed by atoms with Gasteiger partial charge in [-0.1, -0.05) is 146 Å². The van der Waals surface area contributed by atoms with Crippen molar-refractivity contribution >= 4 is 39.0 Å². The van der Waals surface area contributed by atoms with Crippen LogP contribution in [0.15, 0.2) is 156 Å². The minimum absolute atomic E-state index is 0.0354. The first-order valence-corrected chi connectivity index (χ1v) is 36.9. The molecule has 7 aromatic rings. The van der Waals surface area contributed by atoms with Gasteiger partial charge in [0.05, 0.1) is 23.1 Å². The summed E-state index contributed by atoms with van der Waals surface area (Å²) in [6, 6.07) is 43.0. The molecule has 1 saturated carbocycles. The molecule has 0 spiro atoms. The van der Waals surface area contributed by atoms with Crippen molar-refractivity contribution in [3.63, 3.8) is 0 Å². The summed E-state index contributed by atoms with van der Waals surface area (Å²) in [4.78, 5) is 5.27.